The lowest BCUT2D eigenvalue weighted by Gasteiger charge is -2.47. The molecule has 0 radical (unpaired) electrons. The summed E-state index contributed by atoms with van der Waals surface area (Å²) < 4.78 is 6.62. The Kier molecular flexibility index (Phi) is 8.62. The Morgan fingerprint density at radius 1 is 1.11 bits per heavy atom. The number of hydrogen-bond donors (Lipinski definition) is 1. The fourth-order valence-corrected chi connectivity index (χ4v) is 5.38. The average Bonchev–Trinajstić information content (AvgIpc) is 2.79. The standard InChI is InChI=1S/C29H43N3O2Si/c1-9-18-31-20-23(3)32(21-22(31)2)27(30-28(33)24-14-11-10-12-15-24)25-16-13-17-26(19-25)34-35(7,8)29(4,5)6/h9-17,19,22-23,27H,1,18,20-21H2,2-8H3,(H,30,33)/t22-,23-,27+/m0/s1. The van der Waals surface area contributed by atoms with Gasteiger partial charge in [-0.05, 0) is 61.8 Å². The van der Waals surface area contributed by atoms with Crippen LogP contribution in [0.3, 0.4) is 0 Å². The second-order valence-corrected chi connectivity index (χ2v) is 16.0. The summed E-state index contributed by atoms with van der Waals surface area (Å²) in [6.07, 6.45) is 1.71. The summed E-state index contributed by atoms with van der Waals surface area (Å²) in [6, 6.07) is 18.4. The number of rotatable bonds is 8. The maximum Gasteiger partial charge on any atom is 0.252 e. The molecule has 6 heteroatoms. The third kappa shape index (κ3) is 6.63. The summed E-state index contributed by atoms with van der Waals surface area (Å²) in [5, 5.41) is 3.45. The highest BCUT2D eigenvalue weighted by molar-refractivity contribution is 6.74. The normalized spacial score (nSPS) is 20.8. The molecule has 0 aliphatic carbocycles. The Morgan fingerprint density at radius 3 is 2.43 bits per heavy atom. The zero-order valence-electron chi connectivity index (χ0n) is 22.5. The summed E-state index contributed by atoms with van der Waals surface area (Å²) in [4.78, 5) is 18.1. The Hall–Kier alpha value is -2.41. The van der Waals surface area contributed by atoms with Crippen LogP contribution in [0, 0.1) is 0 Å². The predicted octanol–water partition coefficient (Wildman–Crippen LogP) is 6.08. The molecule has 1 amide bonds. The molecule has 0 spiro atoms. The van der Waals surface area contributed by atoms with Crippen LogP contribution in [0.15, 0.2) is 67.3 Å². The summed E-state index contributed by atoms with van der Waals surface area (Å²) in [5.74, 6) is 0.804. The summed E-state index contributed by atoms with van der Waals surface area (Å²) in [6.45, 7) is 22.3. The second kappa shape index (κ2) is 11.1. The fraction of sp³-hybridized carbons (Fsp3) is 0.483. The molecule has 1 N–H and O–H groups in total. The number of amides is 1. The lowest BCUT2D eigenvalue weighted by Crippen LogP contribution is -2.59. The van der Waals surface area contributed by atoms with Crippen molar-refractivity contribution in [1.82, 2.24) is 15.1 Å². The fourth-order valence-electron chi connectivity index (χ4n) is 4.36. The van der Waals surface area contributed by atoms with Crippen LogP contribution in [-0.4, -0.2) is 55.7 Å². The van der Waals surface area contributed by atoms with E-state index in [1.807, 2.05) is 48.5 Å². The Balaban J connectivity index is 1.94. The van der Waals surface area contributed by atoms with Gasteiger partial charge in [0.1, 0.15) is 11.9 Å². The number of carbonyl (C=O) groups is 1. The Bertz CT molecular complexity index is 1000. The van der Waals surface area contributed by atoms with Gasteiger partial charge in [-0.2, -0.15) is 0 Å². The van der Waals surface area contributed by atoms with Crippen molar-refractivity contribution in [3.05, 3.63) is 78.4 Å². The van der Waals surface area contributed by atoms with Gasteiger partial charge in [-0.1, -0.05) is 57.2 Å². The van der Waals surface area contributed by atoms with Gasteiger partial charge in [-0.15, -0.1) is 6.58 Å². The van der Waals surface area contributed by atoms with Crippen LogP contribution in [0.4, 0.5) is 0 Å². The molecule has 190 valence electrons. The molecule has 1 saturated heterocycles. The van der Waals surface area contributed by atoms with Crippen molar-refractivity contribution in [2.24, 2.45) is 0 Å². The first kappa shape index (κ1) is 27.2. The third-order valence-corrected chi connectivity index (χ3v) is 11.9. The number of piperazine rings is 1. The largest absolute Gasteiger partial charge is 0.543 e. The van der Waals surface area contributed by atoms with E-state index in [1.165, 1.54) is 0 Å². The first-order valence-corrected chi connectivity index (χ1v) is 15.6. The van der Waals surface area contributed by atoms with Gasteiger partial charge in [0.2, 0.25) is 8.32 Å². The molecule has 1 aliphatic heterocycles. The maximum atomic E-state index is 13.3. The number of carbonyl (C=O) groups excluding carboxylic acids is 1. The Labute approximate surface area is 213 Å². The number of nitrogens with zero attached hydrogens (tertiary/aromatic N) is 2. The monoisotopic (exact) mass is 493 g/mol. The van der Waals surface area contributed by atoms with E-state index >= 15 is 0 Å². The highest BCUT2D eigenvalue weighted by Crippen LogP contribution is 2.38. The first-order valence-electron chi connectivity index (χ1n) is 12.7. The van der Waals surface area contributed by atoms with Gasteiger partial charge in [0, 0.05) is 37.3 Å². The van der Waals surface area contributed by atoms with E-state index in [2.05, 4.69) is 81.5 Å². The van der Waals surface area contributed by atoms with Crippen LogP contribution in [0.25, 0.3) is 0 Å². The van der Waals surface area contributed by atoms with Gasteiger partial charge in [0.25, 0.3) is 5.91 Å². The van der Waals surface area contributed by atoms with Gasteiger partial charge in [-0.25, -0.2) is 0 Å². The molecule has 1 aliphatic rings. The van der Waals surface area contributed by atoms with Crippen LogP contribution >= 0.6 is 0 Å². The zero-order valence-corrected chi connectivity index (χ0v) is 23.5. The summed E-state index contributed by atoms with van der Waals surface area (Å²) in [7, 11) is -1.99. The summed E-state index contributed by atoms with van der Waals surface area (Å²) >= 11 is 0. The van der Waals surface area contributed by atoms with E-state index in [0.717, 1.165) is 30.9 Å². The molecule has 35 heavy (non-hydrogen) atoms. The quantitative estimate of drug-likeness (QED) is 0.358. The van der Waals surface area contributed by atoms with E-state index in [-0.39, 0.29) is 23.2 Å². The van der Waals surface area contributed by atoms with Crippen LogP contribution in [-0.2, 0) is 0 Å². The topological polar surface area (TPSA) is 44.8 Å². The van der Waals surface area contributed by atoms with Gasteiger partial charge in [-0.3, -0.25) is 14.6 Å². The zero-order chi connectivity index (χ0) is 25.8. The van der Waals surface area contributed by atoms with Crippen molar-refractivity contribution in [2.75, 3.05) is 19.6 Å². The third-order valence-electron chi connectivity index (χ3n) is 7.52. The smallest absolute Gasteiger partial charge is 0.252 e. The van der Waals surface area contributed by atoms with Gasteiger partial charge in [0.05, 0.1) is 0 Å². The van der Waals surface area contributed by atoms with Crippen LogP contribution in [0.2, 0.25) is 18.1 Å². The molecule has 0 aromatic heterocycles. The molecule has 1 fully saturated rings. The lowest BCUT2D eigenvalue weighted by molar-refractivity contribution is 0.00965. The van der Waals surface area contributed by atoms with E-state index in [9.17, 15) is 4.79 Å². The van der Waals surface area contributed by atoms with Crippen molar-refractivity contribution in [1.29, 1.82) is 0 Å². The van der Waals surface area contributed by atoms with Gasteiger partial charge in [0.15, 0.2) is 0 Å². The highest BCUT2D eigenvalue weighted by atomic mass is 28.4. The van der Waals surface area contributed by atoms with Crippen molar-refractivity contribution in [2.45, 2.75) is 71.0 Å². The number of benzene rings is 2. The molecule has 0 bridgehead atoms. The molecule has 0 unspecified atom stereocenters. The SMILES string of the molecule is C=CCN1C[C@H](C)N([C@@H](NC(=O)c2ccccc2)c2cccc(O[Si](C)(C)C(C)(C)C)c2)C[C@@H]1C. The average molecular weight is 494 g/mol. The number of nitrogens with one attached hydrogen (secondary N) is 1. The van der Waals surface area contributed by atoms with Gasteiger partial charge < -0.3 is 9.74 Å². The van der Waals surface area contributed by atoms with E-state index < -0.39 is 8.32 Å². The van der Waals surface area contributed by atoms with Crippen LogP contribution in [0.1, 0.15) is 56.7 Å². The maximum absolute atomic E-state index is 13.3. The summed E-state index contributed by atoms with van der Waals surface area (Å²) in [5.41, 5.74) is 1.71. The van der Waals surface area contributed by atoms with Gasteiger partial charge >= 0.3 is 0 Å². The Morgan fingerprint density at radius 2 is 1.80 bits per heavy atom. The van der Waals surface area contributed by atoms with Crippen molar-refractivity contribution in [3.8, 4) is 5.75 Å². The van der Waals surface area contributed by atoms with E-state index in [4.69, 9.17) is 4.43 Å². The molecular weight excluding hydrogens is 450 g/mol. The minimum absolute atomic E-state index is 0.0697. The van der Waals surface area contributed by atoms with Crippen molar-refractivity contribution < 1.29 is 9.22 Å². The second-order valence-electron chi connectivity index (χ2n) is 11.3. The molecule has 5 nitrogen and oxygen atoms in total. The minimum atomic E-state index is -1.99. The van der Waals surface area contributed by atoms with Crippen LogP contribution < -0.4 is 9.74 Å². The van der Waals surface area contributed by atoms with E-state index in [1.54, 1.807) is 0 Å². The highest BCUT2D eigenvalue weighted by Gasteiger charge is 2.39. The minimum Gasteiger partial charge on any atom is -0.543 e. The molecule has 0 saturated carbocycles. The predicted molar refractivity (Wildman–Crippen MR) is 148 cm³/mol. The molecule has 2 aromatic carbocycles. The number of hydrogen-bond acceptors (Lipinski definition) is 4. The van der Waals surface area contributed by atoms with Crippen molar-refractivity contribution in [3.63, 3.8) is 0 Å². The van der Waals surface area contributed by atoms with E-state index in [0.29, 0.717) is 11.6 Å². The lowest BCUT2D eigenvalue weighted by atomic mass is 10.0. The molecule has 3 atom stereocenters. The molecular formula is C29H43N3O2Si. The van der Waals surface area contributed by atoms with Crippen molar-refractivity contribution >= 4 is 14.2 Å². The molecule has 2 aromatic rings. The first-order chi connectivity index (χ1) is 16.4. The molecule has 1 heterocycles. The van der Waals surface area contributed by atoms with Crippen LogP contribution in [0.5, 0.6) is 5.75 Å². The molecule has 3 rings (SSSR count).